The van der Waals surface area contributed by atoms with E-state index in [4.69, 9.17) is 0 Å². The molecule has 116 valence electrons. The summed E-state index contributed by atoms with van der Waals surface area (Å²) in [5.74, 6) is -0.176. The topological polar surface area (TPSA) is 40.9 Å². The number of hydrogen-bond donors (Lipinski definition) is 0. The Balaban J connectivity index is 1.81. The number of fused-ring (bicyclic) bond motifs is 1. The molecule has 0 spiro atoms. The van der Waals surface area contributed by atoms with Crippen molar-refractivity contribution < 1.29 is 4.79 Å². The van der Waals surface area contributed by atoms with Gasteiger partial charge in [0.1, 0.15) is 0 Å². The van der Waals surface area contributed by atoms with Crippen LogP contribution in [0.3, 0.4) is 0 Å². The van der Waals surface area contributed by atoms with Gasteiger partial charge in [-0.25, -0.2) is 0 Å². The molecule has 0 saturated carbocycles. The normalized spacial score (nSPS) is 19.5. The third kappa shape index (κ3) is 2.46. The van der Waals surface area contributed by atoms with E-state index in [-0.39, 0.29) is 17.6 Å². The number of carbonyl (C=O) groups is 1. The Morgan fingerprint density at radius 2 is 1.67 bits per heavy atom. The molecule has 0 aliphatic heterocycles. The number of benzene rings is 2. The van der Waals surface area contributed by atoms with Crippen LogP contribution in [0.2, 0.25) is 0 Å². The quantitative estimate of drug-likeness (QED) is 0.632. The molecule has 2 aromatic carbocycles. The van der Waals surface area contributed by atoms with Crippen LogP contribution in [-0.4, -0.2) is 5.78 Å². The minimum atomic E-state index is -0.262. The number of ketones is 1. The molecule has 2 nitrogen and oxygen atoms in total. The van der Waals surface area contributed by atoms with Crippen LogP contribution in [0.1, 0.15) is 39.1 Å². The monoisotopic (exact) mass is 329 g/mol. The van der Waals surface area contributed by atoms with Crippen molar-refractivity contribution in [3.63, 3.8) is 0 Å². The summed E-state index contributed by atoms with van der Waals surface area (Å²) in [6.07, 6.45) is 0.403. The van der Waals surface area contributed by atoms with E-state index in [1.807, 2.05) is 66.7 Å². The van der Waals surface area contributed by atoms with Gasteiger partial charge in [-0.1, -0.05) is 60.7 Å². The first kappa shape index (κ1) is 14.9. The van der Waals surface area contributed by atoms with Gasteiger partial charge in [-0.3, -0.25) is 4.79 Å². The number of carbonyl (C=O) groups excluding carboxylic acids is 1. The lowest BCUT2D eigenvalue weighted by molar-refractivity contribution is 0.0962. The third-order valence-electron chi connectivity index (χ3n) is 4.58. The highest BCUT2D eigenvalue weighted by Crippen LogP contribution is 2.47. The summed E-state index contributed by atoms with van der Waals surface area (Å²) in [7, 11) is 0. The molecule has 0 radical (unpaired) electrons. The van der Waals surface area contributed by atoms with Crippen LogP contribution >= 0.6 is 11.3 Å². The van der Waals surface area contributed by atoms with Gasteiger partial charge in [-0.2, -0.15) is 5.26 Å². The SMILES string of the molecule is N#CC1c2sc(-c3ccccc3)cc2C(=O)CC1c1ccccc1. The molecule has 0 N–H and O–H groups in total. The molecule has 1 heterocycles. The van der Waals surface area contributed by atoms with E-state index in [0.717, 1.165) is 26.4 Å². The average Bonchev–Trinajstić information content (AvgIpc) is 3.09. The standard InChI is InChI=1S/C21H15NOS/c22-13-18-16(14-7-3-1-4-8-14)11-19(23)17-12-20(24-21(17)18)15-9-5-2-6-10-15/h1-10,12,16,18H,11H2. The van der Waals surface area contributed by atoms with Crippen LogP contribution < -0.4 is 0 Å². The van der Waals surface area contributed by atoms with Crippen LogP contribution in [0.4, 0.5) is 0 Å². The number of nitrogens with zero attached hydrogens (tertiary/aromatic N) is 1. The van der Waals surface area contributed by atoms with Gasteiger partial charge in [0.05, 0.1) is 12.0 Å². The highest BCUT2D eigenvalue weighted by atomic mass is 32.1. The Kier molecular flexibility index (Phi) is 3.76. The molecule has 0 fully saturated rings. The Labute approximate surface area is 145 Å². The lowest BCUT2D eigenvalue weighted by Gasteiger charge is -2.26. The molecule has 0 saturated heterocycles. The molecular formula is C21H15NOS. The maximum Gasteiger partial charge on any atom is 0.164 e. The summed E-state index contributed by atoms with van der Waals surface area (Å²) in [6.45, 7) is 0. The van der Waals surface area contributed by atoms with Crippen molar-refractivity contribution in [2.75, 3.05) is 0 Å². The fraction of sp³-hybridized carbons (Fsp3) is 0.143. The van der Waals surface area contributed by atoms with Crippen LogP contribution in [0.25, 0.3) is 10.4 Å². The summed E-state index contributed by atoms with van der Waals surface area (Å²) < 4.78 is 0. The maximum absolute atomic E-state index is 12.7. The molecule has 0 bridgehead atoms. The number of nitriles is 1. The number of rotatable bonds is 2. The van der Waals surface area contributed by atoms with E-state index in [2.05, 4.69) is 6.07 Å². The average molecular weight is 329 g/mol. The zero-order chi connectivity index (χ0) is 16.5. The van der Waals surface area contributed by atoms with E-state index < -0.39 is 0 Å². The first-order chi connectivity index (χ1) is 11.8. The third-order valence-corrected chi connectivity index (χ3v) is 5.84. The van der Waals surface area contributed by atoms with Crippen molar-refractivity contribution in [3.8, 4) is 16.5 Å². The summed E-state index contributed by atoms with van der Waals surface area (Å²) in [5.41, 5.74) is 2.90. The van der Waals surface area contributed by atoms with Crippen molar-refractivity contribution >= 4 is 17.1 Å². The Morgan fingerprint density at radius 3 is 2.33 bits per heavy atom. The molecule has 1 aliphatic carbocycles. The van der Waals surface area contributed by atoms with Gasteiger partial charge in [-0.15, -0.1) is 11.3 Å². The van der Waals surface area contributed by atoms with E-state index in [0.29, 0.717) is 6.42 Å². The van der Waals surface area contributed by atoms with Gasteiger partial charge in [0.2, 0.25) is 0 Å². The number of thiophene rings is 1. The first-order valence-electron chi connectivity index (χ1n) is 7.95. The van der Waals surface area contributed by atoms with Crippen molar-refractivity contribution in [2.45, 2.75) is 18.3 Å². The molecule has 3 aromatic rings. The lowest BCUT2D eigenvalue weighted by Crippen LogP contribution is -2.21. The van der Waals surface area contributed by atoms with Crippen LogP contribution in [0, 0.1) is 11.3 Å². The minimum absolute atomic E-state index is 0.0570. The van der Waals surface area contributed by atoms with Crippen molar-refractivity contribution in [2.24, 2.45) is 0 Å². The minimum Gasteiger partial charge on any atom is -0.294 e. The van der Waals surface area contributed by atoms with Gasteiger partial charge in [0.15, 0.2) is 5.78 Å². The number of hydrogen-bond acceptors (Lipinski definition) is 3. The Hall–Kier alpha value is -2.70. The second-order valence-corrected chi connectivity index (χ2v) is 7.09. The first-order valence-corrected chi connectivity index (χ1v) is 8.76. The molecule has 0 amide bonds. The van der Waals surface area contributed by atoms with Crippen LogP contribution in [0.15, 0.2) is 66.7 Å². The molecule has 4 rings (SSSR count). The highest BCUT2D eigenvalue weighted by molar-refractivity contribution is 7.16. The molecule has 24 heavy (non-hydrogen) atoms. The molecular weight excluding hydrogens is 314 g/mol. The molecule has 1 aromatic heterocycles. The second-order valence-electron chi connectivity index (χ2n) is 6.01. The van der Waals surface area contributed by atoms with E-state index in [1.165, 1.54) is 0 Å². The molecule has 2 atom stereocenters. The largest absolute Gasteiger partial charge is 0.294 e. The van der Waals surface area contributed by atoms with E-state index in [9.17, 15) is 10.1 Å². The molecule has 3 heteroatoms. The van der Waals surface area contributed by atoms with E-state index in [1.54, 1.807) is 11.3 Å². The summed E-state index contributed by atoms with van der Waals surface area (Å²) >= 11 is 1.58. The van der Waals surface area contributed by atoms with Crippen molar-refractivity contribution in [1.82, 2.24) is 0 Å². The highest BCUT2D eigenvalue weighted by Gasteiger charge is 2.37. The predicted molar refractivity (Wildman–Crippen MR) is 96.2 cm³/mol. The van der Waals surface area contributed by atoms with Gasteiger partial charge in [-0.05, 0) is 17.2 Å². The van der Waals surface area contributed by atoms with Crippen LogP contribution in [0.5, 0.6) is 0 Å². The van der Waals surface area contributed by atoms with Crippen molar-refractivity contribution in [3.05, 3.63) is 82.7 Å². The maximum atomic E-state index is 12.7. The smallest absolute Gasteiger partial charge is 0.164 e. The number of Topliss-reactive ketones (excluding diaryl/α,β-unsaturated/α-hetero) is 1. The van der Waals surface area contributed by atoms with Gasteiger partial charge in [0, 0.05) is 27.7 Å². The zero-order valence-corrected chi connectivity index (χ0v) is 13.8. The van der Waals surface area contributed by atoms with Crippen LogP contribution in [-0.2, 0) is 0 Å². The fourth-order valence-corrected chi connectivity index (χ4v) is 4.66. The zero-order valence-electron chi connectivity index (χ0n) is 13.0. The molecule has 1 aliphatic rings. The lowest BCUT2D eigenvalue weighted by atomic mass is 9.76. The summed E-state index contributed by atoms with van der Waals surface area (Å²) in [5, 5.41) is 9.78. The van der Waals surface area contributed by atoms with Gasteiger partial charge >= 0.3 is 0 Å². The summed E-state index contributed by atoms with van der Waals surface area (Å²) in [6, 6.07) is 24.4. The summed E-state index contributed by atoms with van der Waals surface area (Å²) in [4.78, 5) is 14.6. The molecule has 2 unspecified atom stereocenters. The predicted octanol–water partition coefficient (Wildman–Crippen LogP) is 5.39. The fourth-order valence-electron chi connectivity index (χ4n) is 3.37. The van der Waals surface area contributed by atoms with Crippen molar-refractivity contribution in [1.29, 1.82) is 5.26 Å². The second kappa shape index (κ2) is 6.07. The van der Waals surface area contributed by atoms with Gasteiger partial charge < -0.3 is 0 Å². The Bertz CT molecular complexity index is 921. The van der Waals surface area contributed by atoms with Gasteiger partial charge in [0.25, 0.3) is 0 Å². The van der Waals surface area contributed by atoms with E-state index >= 15 is 0 Å². The Morgan fingerprint density at radius 1 is 1.00 bits per heavy atom.